The number of rotatable bonds is 6. The molecule has 0 aromatic heterocycles. The van der Waals surface area contributed by atoms with Crippen molar-refractivity contribution in [2.24, 2.45) is 0 Å². The number of nitrogens with one attached hydrogen (secondary N) is 1. The van der Waals surface area contributed by atoms with Crippen LogP contribution in [0.15, 0.2) is 18.2 Å². The number of carboxylic acids is 1. The van der Waals surface area contributed by atoms with E-state index >= 15 is 0 Å². The van der Waals surface area contributed by atoms with Crippen LogP contribution in [-0.2, 0) is 0 Å². The van der Waals surface area contributed by atoms with Crippen LogP contribution in [-0.4, -0.2) is 29.1 Å². The van der Waals surface area contributed by atoms with Crippen molar-refractivity contribution in [3.8, 4) is 0 Å². The van der Waals surface area contributed by atoms with E-state index < -0.39 is 5.97 Å². The molecule has 2 N–H and O–H groups in total. The molecule has 1 aromatic carbocycles. The largest absolute Gasteiger partial charge is 0.478 e. The van der Waals surface area contributed by atoms with Crippen LogP contribution < -0.4 is 5.32 Å². The molecule has 0 radical (unpaired) electrons. The predicted molar refractivity (Wildman–Crippen MR) is 74.5 cm³/mol. The van der Waals surface area contributed by atoms with Gasteiger partial charge in [0.05, 0.1) is 5.56 Å². The van der Waals surface area contributed by atoms with E-state index in [9.17, 15) is 4.79 Å². The van der Waals surface area contributed by atoms with Gasteiger partial charge in [0.1, 0.15) is 0 Å². The molecule has 0 saturated heterocycles. The monoisotopic (exact) mass is 273 g/mol. The smallest absolute Gasteiger partial charge is 0.337 e. The molecule has 0 aliphatic heterocycles. The van der Waals surface area contributed by atoms with E-state index in [1.165, 1.54) is 6.07 Å². The molecule has 0 aliphatic rings. The summed E-state index contributed by atoms with van der Waals surface area (Å²) in [6.45, 7) is 2.04. The van der Waals surface area contributed by atoms with Crippen LogP contribution in [0.3, 0.4) is 0 Å². The molecule has 1 aromatic rings. The summed E-state index contributed by atoms with van der Waals surface area (Å²) in [5.74, 6) is 0.0801. The zero-order valence-corrected chi connectivity index (χ0v) is 11.4. The van der Waals surface area contributed by atoms with Gasteiger partial charge < -0.3 is 10.4 Å². The van der Waals surface area contributed by atoms with E-state index in [2.05, 4.69) is 11.6 Å². The SMILES string of the molecule is CSCCC(C)Nc1ccc(Cl)cc1C(=O)O. The number of hydrogen-bond acceptors (Lipinski definition) is 3. The first-order valence-electron chi connectivity index (χ1n) is 5.33. The van der Waals surface area contributed by atoms with Gasteiger partial charge in [-0.05, 0) is 43.6 Å². The first-order chi connectivity index (χ1) is 8.04. The number of thioether (sulfide) groups is 1. The summed E-state index contributed by atoms with van der Waals surface area (Å²) >= 11 is 7.56. The van der Waals surface area contributed by atoms with Crippen molar-refractivity contribution in [1.82, 2.24) is 0 Å². The van der Waals surface area contributed by atoms with Crippen LogP contribution in [0.1, 0.15) is 23.7 Å². The molecule has 0 amide bonds. The number of carbonyl (C=O) groups is 1. The van der Waals surface area contributed by atoms with Crippen molar-refractivity contribution >= 4 is 35.0 Å². The Hall–Kier alpha value is -0.870. The van der Waals surface area contributed by atoms with Gasteiger partial charge in [-0.2, -0.15) is 11.8 Å². The zero-order valence-electron chi connectivity index (χ0n) is 9.87. The van der Waals surface area contributed by atoms with E-state index in [1.807, 2.05) is 6.92 Å². The normalized spacial score (nSPS) is 12.2. The van der Waals surface area contributed by atoms with Gasteiger partial charge in [0.25, 0.3) is 0 Å². The third kappa shape index (κ3) is 4.48. The molecular formula is C12H16ClNO2S. The van der Waals surface area contributed by atoms with Crippen molar-refractivity contribution in [2.75, 3.05) is 17.3 Å². The van der Waals surface area contributed by atoms with E-state index in [0.29, 0.717) is 10.7 Å². The molecule has 17 heavy (non-hydrogen) atoms. The molecule has 1 atom stereocenters. The summed E-state index contributed by atoms with van der Waals surface area (Å²) < 4.78 is 0. The second-order valence-electron chi connectivity index (χ2n) is 3.82. The van der Waals surface area contributed by atoms with Gasteiger partial charge in [-0.15, -0.1) is 0 Å². The zero-order chi connectivity index (χ0) is 12.8. The van der Waals surface area contributed by atoms with Crippen LogP contribution in [0.25, 0.3) is 0 Å². The molecule has 0 bridgehead atoms. The van der Waals surface area contributed by atoms with Gasteiger partial charge in [0.15, 0.2) is 0 Å². The average molecular weight is 274 g/mol. The maximum absolute atomic E-state index is 11.1. The van der Waals surface area contributed by atoms with Crippen LogP contribution in [0.2, 0.25) is 5.02 Å². The number of hydrogen-bond donors (Lipinski definition) is 2. The fourth-order valence-electron chi connectivity index (χ4n) is 1.45. The second kappa shape index (κ2) is 6.77. The summed E-state index contributed by atoms with van der Waals surface area (Å²) in [7, 11) is 0. The molecule has 0 heterocycles. The number of anilines is 1. The summed E-state index contributed by atoms with van der Waals surface area (Å²) in [6.07, 6.45) is 3.04. The van der Waals surface area contributed by atoms with Crippen molar-refractivity contribution in [3.63, 3.8) is 0 Å². The molecule has 3 nitrogen and oxygen atoms in total. The molecular weight excluding hydrogens is 258 g/mol. The Labute approximate surface area is 111 Å². The van der Waals surface area contributed by atoms with Gasteiger partial charge in [-0.1, -0.05) is 11.6 Å². The Morgan fingerprint density at radius 3 is 2.88 bits per heavy atom. The maximum atomic E-state index is 11.1. The van der Waals surface area contributed by atoms with Crippen molar-refractivity contribution in [2.45, 2.75) is 19.4 Å². The van der Waals surface area contributed by atoms with Crippen LogP contribution in [0, 0.1) is 0 Å². The van der Waals surface area contributed by atoms with Gasteiger partial charge >= 0.3 is 5.97 Å². The van der Waals surface area contributed by atoms with Crippen molar-refractivity contribution < 1.29 is 9.90 Å². The van der Waals surface area contributed by atoms with E-state index in [0.717, 1.165) is 12.2 Å². The highest BCUT2D eigenvalue weighted by Gasteiger charge is 2.12. The minimum Gasteiger partial charge on any atom is -0.478 e. The van der Waals surface area contributed by atoms with Gasteiger partial charge in [0.2, 0.25) is 0 Å². The highest BCUT2D eigenvalue weighted by Crippen LogP contribution is 2.22. The topological polar surface area (TPSA) is 49.3 Å². The fraction of sp³-hybridized carbons (Fsp3) is 0.417. The molecule has 0 aliphatic carbocycles. The lowest BCUT2D eigenvalue weighted by Crippen LogP contribution is -2.18. The average Bonchev–Trinajstić information content (AvgIpc) is 2.28. The number of aromatic carboxylic acids is 1. The number of halogens is 1. The summed E-state index contributed by atoms with van der Waals surface area (Å²) in [6, 6.07) is 5.11. The van der Waals surface area contributed by atoms with E-state index in [4.69, 9.17) is 16.7 Å². The lowest BCUT2D eigenvalue weighted by atomic mass is 10.1. The first kappa shape index (κ1) is 14.2. The standard InChI is InChI=1S/C12H16ClNO2S/c1-8(5-6-17-2)14-11-4-3-9(13)7-10(11)12(15)16/h3-4,7-8,14H,5-6H2,1-2H3,(H,15,16). The Morgan fingerprint density at radius 1 is 1.59 bits per heavy atom. The molecule has 94 valence electrons. The van der Waals surface area contributed by atoms with Crippen LogP contribution >= 0.6 is 23.4 Å². The molecule has 0 saturated carbocycles. The van der Waals surface area contributed by atoms with Crippen molar-refractivity contribution in [1.29, 1.82) is 0 Å². The lowest BCUT2D eigenvalue weighted by Gasteiger charge is -2.16. The van der Waals surface area contributed by atoms with Crippen LogP contribution in [0.5, 0.6) is 0 Å². The second-order valence-corrected chi connectivity index (χ2v) is 5.24. The van der Waals surface area contributed by atoms with E-state index in [1.54, 1.807) is 23.9 Å². The predicted octanol–water partition coefficient (Wildman–Crippen LogP) is 3.59. The first-order valence-corrected chi connectivity index (χ1v) is 7.10. The molecule has 1 unspecified atom stereocenters. The summed E-state index contributed by atoms with van der Waals surface area (Å²) in [5.41, 5.74) is 0.837. The minimum atomic E-state index is -0.966. The lowest BCUT2D eigenvalue weighted by molar-refractivity contribution is 0.0698. The number of benzene rings is 1. The van der Waals surface area contributed by atoms with Gasteiger partial charge in [0, 0.05) is 16.8 Å². The molecule has 0 spiro atoms. The molecule has 1 rings (SSSR count). The maximum Gasteiger partial charge on any atom is 0.337 e. The van der Waals surface area contributed by atoms with Crippen LogP contribution in [0.4, 0.5) is 5.69 Å². The Kier molecular flexibility index (Phi) is 5.65. The Balaban J connectivity index is 2.79. The number of carboxylic acid groups (broad SMARTS) is 1. The third-order valence-electron chi connectivity index (χ3n) is 2.37. The quantitative estimate of drug-likeness (QED) is 0.832. The Bertz CT molecular complexity index is 398. The summed E-state index contributed by atoms with van der Waals surface area (Å²) in [4.78, 5) is 11.1. The summed E-state index contributed by atoms with van der Waals surface area (Å²) in [5, 5.41) is 12.7. The van der Waals surface area contributed by atoms with Gasteiger partial charge in [-0.25, -0.2) is 4.79 Å². The molecule has 0 fully saturated rings. The third-order valence-corrected chi connectivity index (χ3v) is 3.25. The Morgan fingerprint density at radius 2 is 2.29 bits per heavy atom. The van der Waals surface area contributed by atoms with Gasteiger partial charge in [-0.3, -0.25) is 0 Å². The van der Waals surface area contributed by atoms with E-state index in [-0.39, 0.29) is 11.6 Å². The minimum absolute atomic E-state index is 0.216. The highest BCUT2D eigenvalue weighted by molar-refractivity contribution is 7.98. The highest BCUT2D eigenvalue weighted by atomic mass is 35.5. The fourth-order valence-corrected chi connectivity index (χ4v) is 2.21. The molecule has 5 heteroatoms. The van der Waals surface area contributed by atoms with Crippen molar-refractivity contribution in [3.05, 3.63) is 28.8 Å².